The predicted molar refractivity (Wildman–Crippen MR) is 109 cm³/mol. The van der Waals surface area contributed by atoms with E-state index in [1.807, 2.05) is 30.9 Å². The number of amides is 1. The van der Waals surface area contributed by atoms with Crippen molar-refractivity contribution in [2.24, 2.45) is 0 Å². The summed E-state index contributed by atoms with van der Waals surface area (Å²) in [6.07, 6.45) is 1.04. The Morgan fingerprint density at radius 2 is 1.81 bits per heavy atom. The van der Waals surface area contributed by atoms with Crippen LogP contribution >= 0.6 is 0 Å². The van der Waals surface area contributed by atoms with Gasteiger partial charge >= 0.3 is 0 Å². The number of nitrogens with one attached hydrogen (secondary N) is 1. The van der Waals surface area contributed by atoms with Gasteiger partial charge in [0.15, 0.2) is 0 Å². The lowest BCUT2D eigenvalue weighted by atomic mass is 9.86. The van der Waals surface area contributed by atoms with Gasteiger partial charge in [-0.25, -0.2) is 0 Å². The first-order chi connectivity index (χ1) is 13.1. The van der Waals surface area contributed by atoms with Crippen LogP contribution in [0.25, 0.3) is 10.9 Å². The SMILES string of the molecule is CC1(C)C(=O)N(CCN2CCc3[nH]c4ccccc4c3C2)c2ccccc21. The van der Waals surface area contributed by atoms with Crippen molar-refractivity contribution in [2.45, 2.75) is 32.2 Å². The van der Waals surface area contributed by atoms with Crippen LogP contribution in [0.15, 0.2) is 48.5 Å². The molecule has 3 heterocycles. The number of carbonyl (C=O) groups is 1. The second kappa shape index (κ2) is 5.96. The molecule has 0 unspecified atom stereocenters. The number of hydrogen-bond donors (Lipinski definition) is 1. The van der Waals surface area contributed by atoms with Crippen LogP contribution in [0, 0.1) is 0 Å². The number of carbonyl (C=O) groups excluding carboxylic acids is 1. The Balaban J connectivity index is 1.35. The van der Waals surface area contributed by atoms with Crippen molar-refractivity contribution in [1.29, 1.82) is 0 Å². The zero-order chi connectivity index (χ0) is 18.6. The topological polar surface area (TPSA) is 39.3 Å². The molecular formula is C23H25N3O. The summed E-state index contributed by atoms with van der Waals surface area (Å²) in [5.41, 5.74) is 5.82. The molecule has 1 N–H and O–H groups in total. The summed E-state index contributed by atoms with van der Waals surface area (Å²) in [5.74, 6) is 0.216. The van der Waals surface area contributed by atoms with E-state index in [2.05, 4.69) is 46.3 Å². The monoisotopic (exact) mass is 359 g/mol. The predicted octanol–water partition coefficient (Wildman–Crippen LogP) is 3.85. The third-order valence-corrected chi connectivity index (χ3v) is 6.25. The van der Waals surface area contributed by atoms with Gasteiger partial charge in [-0.1, -0.05) is 36.4 Å². The quantitative estimate of drug-likeness (QED) is 0.771. The molecule has 138 valence electrons. The minimum absolute atomic E-state index is 0.216. The lowest BCUT2D eigenvalue weighted by molar-refractivity contribution is -0.122. The van der Waals surface area contributed by atoms with E-state index in [0.717, 1.165) is 43.9 Å². The Labute approximate surface area is 159 Å². The van der Waals surface area contributed by atoms with Gasteiger partial charge < -0.3 is 9.88 Å². The number of fused-ring (bicyclic) bond motifs is 4. The molecule has 0 saturated carbocycles. The summed E-state index contributed by atoms with van der Waals surface area (Å²) in [6, 6.07) is 16.8. The zero-order valence-corrected chi connectivity index (χ0v) is 16.0. The largest absolute Gasteiger partial charge is 0.358 e. The molecule has 27 heavy (non-hydrogen) atoms. The van der Waals surface area contributed by atoms with Gasteiger partial charge in [-0.3, -0.25) is 9.69 Å². The van der Waals surface area contributed by atoms with Crippen molar-refractivity contribution >= 4 is 22.5 Å². The van der Waals surface area contributed by atoms with E-state index in [-0.39, 0.29) is 5.91 Å². The van der Waals surface area contributed by atoms with Crippen LogP contribution in [0.1, 0.15) is 30.7 Å². The van der Waals surface area contributed by atoms with Gasteiger partial charge in [0, 0.05) is 54.9 Å². The third kappa shape index (κ3) is 2.51. The molecule has 2 aliphatic heterocycles. The molecule has 0 bridgehead atoms. The zero-order valence-electron chi connectivity index (χ0n) is 16.0. The molecule has 3 aromatic rings. The van der Waals surface area contributed by atoms with Crippen LogP contribution in [0.2, 0.25) is 0 Å². The van der Waals surface area contributed by atoms with Crippen molar-refractivity contribution in [3.63, 3.8) is 0 Å². The summed E-state index contributed by atoms with van der Waals surface area (Å²) in [6.45, 7) is 7.70. The van der Waals surface area contributed by atoms with Crippen molar-refractivity contribution in [1.82, 2.24) is 9.88 Å². The average Bonchev–Trinajstić information content (AvgIpc) is 3.14. The Bertz CT molecular complexity index is 1030. The van der Waals surface area contributed by atoms with E-state index >= 15 is 0 Å². The highest BCUT2D eigenvalue weighted by Crippen LogP contribution is 2.41. The van der Waals surface area contributed by atoms with Crippen LogP contribution in [0.3, 0.4) is 0 Å². The minimum Gasteiger partial charge on any atom is -0.358 e. The van der Waals surface area contributed by atoms with Gasteiger partial charge in [0.2, 0.25) is 5.91 Å². The van der Waals surface area contributed by atoms with Crippen molar-refractivity contribution in [2.75, 3.05) is 24.5 Å². The highest BCUT2D eigenvalue weighted by Gasteiger charge is 2.43. The Hall–Kier alpha value is -2.59. The maximum atomic E-state index is 13.0. The number of rotatable bonds is 3. The number of hydrogen-bond acceptors (Lipinski definition) is 2. The van der Waals surface area contributed by atoms with E-state index in [1.54, 1.807) is 0 Å². The van der Waals surface area contributed by atoms with E-state index in [0.29, 0.717) is 0 Å². The standard InChI is InChI=1S/C23H25N3O/c1-23(2)18-8-4-6-10-21(18)26(22(23)27)14-13-25-12-11-20-17(15-25)16-7-3-5-9-19(16)24-20/h3-10,24H,11-15H2,1-2H3. The number of nitrogens with zero attached hydrogens (tertiary/aromatic N) is 2. The fourth-order valence-corrected chi connectivity index (χ4v) is 4.68. The number of anilines is 1. The number of aromatic amines is 1. The lowest BCUT2D eigenvalue weighted by Gasteiger charge is -2.29. The van der Waals surface area contributed by atoms with E-state index in [9.17, 15) is 4.79 Å². The van der Waals surface area contributed by atoms with Crippen molar-refractivity contribution < 1.29 is 4.79 Å². The molecule has 0 saturated heterocycles. The molecule has 4 heteroatoms. The normalized spacial score (nSPS) is 18.7. The van der Waals surface area contributed by atoms with E-state index in [1.165, 1.54) is 22.2 Å². The van der Waals surface area contributed by atoms with Crippen LogP contribution < -0.4 is 4.90 Å². The molecule has 0 radical (unpaired) electrons. The Kier molecular flexibility index (Phi) is 3.66. The van der Waals surface area contributed by atoms with Crippen molar-refractivity contribution in [3.8, 4) is 0 Å². The fourth-order valence-electron chi connectivity index (χ4n) is 4.68. The highest BCUT2D eigenvalue weighted by atomic mass is 16.2. The number of aromatic nitrogens is 1. The lowest BCUT2D eigenvalue weighted by Crippen LogP contribution is -2.42. The maximum Gasteiger partial charge on any atom is 0.237 e. The van der Waals surface area contributed by atoms with Gasteiger partial charge in [-0.05, 0) is 37.1 Å². The van der Waals surface area contributed by atoms with Crippen LogP contribution in [0.5, 0.6) is 0 Å². The number of benzene rings is 2. The summed E-state index contributed by atoms with van der Waals surface area (Å²) >= 11 is 0. The molecule has 2 aliphatic rings. The van der Waals surface area contributed by atoms with Gasteiger partial charge in [0.1, 0.15) is 0 Å². The molecule has 0 fully saturated rings. The molecular weight excluding hydrogens is 334 g/mol. The van der Waals surface area contributed by atoms with Crippen LogP contribution in [-0.2, 0) is 23.2 Å². The molecule has 1 aromatic heterocycles. The second-order valence-corrected chi connectivity index (χ2v) is 8.25. The first kappa shape index (κ1) is 16.6. The molecule has 2 aromatic carbocycles. The van der Waals surface area contributed by atoms with Gasteiger partial charge in [0.25, 0.3) is 0 Å². The van der Waals surface area contributed by atoms with Gasteiger partial charge in [0.05, 0.1) is 5.41 Å². The van der Waals surface area contributed by atoms with E-state index in [4.69, 9.17) is 0 Å². The second-order valence-electron chi connectivity index (χ2n) is 8.25. The van der Waals surface area contributed by atoms with Crippen LogP contribution in [0.4, 0.5) is 5.69 Å². The molecule has 1 amide bonds. The smallest absolute Gasteiger partial charge is 0.237 e. The first-order valence-corrected chi connectivity index (χ1v) is 9.78. The third-order valence-electron chi connectivity index (χ3n) is 6.25. The molecule has 0 spiro atoms. The minimum atomic E-state index is -0.428. The molecule has 5 rings (SSSR count). The molecule has 0 aliphatic carbocycles. The Morgan fingerprint density at radius 1 is 1.04 bits per heavy atom. The molecule has 4 nitrogen and oxygen atoms in total. The molecule has 0 atom stereocenters. The average molecular weight is 359 g/mol. The number of para-hydroxylation sites is 2. The maximum absolute atomic E-state index is 13.0. The Morgan fingerprint density at radius 3 is 2.70 bits per heavy atom. The summed E-state index contributed by atoms with van der Waals surface area (Å²) in [7, 11) is 0. The first-order valence-electron chi connectivity index (χ1n) is 9.78. The van der Waals surface area contributed by atoms with Crippen LogP contribution in [-0.4, -0.2) is 35.4 Å². The number of H-pyrrole nitrogens is 1. The summed E-state index contributed by atoms with van der Waals surface area (Å²) in [5, 5.41) is 1.33. The summed E-state index contributed by atoms with van der Waals surface area (Å²) < 4.78 is 0. The van der Waals surface area contributed by atoms with Crippen molar-refractivity contribution in [3.05, 3.63) is 65.4 Å². The summed E-state index contributed by atoms with van der Waals surface area (Å²) in [4.78, 5) is 21.0. The fraction of sp³-hybridized carbons (Fsp3) is 0.348. The van der Waals surface area contributed by atoms with Gasteiger partial charge in [-0.2, -0.15) is 0 Å². The van der Waals surface area contributed by atoms with E-state index < -0.39 is 5.41 Å². The van der Waals surface area contributed by atoms with Gasteiger partial charge in [-0.15, -0.1) is 0 Å². The highest BCUT2D eigenvalue weighted by molar-refractivity contribution is 6.07.